The maximum atomic E-state index is 4.30. The highest BCUT2D eigenvalue weighted by molar-refractivity contribution is 7.98. The molecule has 112 valence electrons. The molecule has 1 rings (SSSR count). The molecule has 0 aromatic carbocycles. The monoisotopic (exact) mass is 285 g/mol. The van der Waals surface area contributed by atoms with Crippen LogP contribution in [0.2, 0.25) is 0 Å². The zero-order valence-electron chi connectivity index (χ0n) is 12.9. The summed E-state index contributed by atoms with van der Waals surface area (Å²) in [5.74, 6) is 3.97. The first-order valence-corrected chi connectivity index (χ1v) is 9.09. The second-order valence-electron chi connectivity index (χ2n) is 5.72. The van der Waals surface area contributed by atoms with Crippen LogP contribution in [0, 0.1) is 11.8 Å². The van der Waals surface area contributed by atoms with E-state index < -0.39 is 0 Å². The van der Waals surface area contributed by atoms with Gasteiger partial charge in [0.2, 0.25) is 0 Å². The van der Waals surface area contributed by atoms with Crippen LogP contribution in [0.4, 0.5) is 0 Å². The maximum absolute atomic E-state index is 4.30. The Balaban J connectivity index is 2.11. The van der Waals surface area contributed by atoms with Crippen molar-refractivity contribution in [3.05, 3.63) is 0 Å². The normalized spacial score (nSPS) is 24.3. The second kappa shape index (κ2) is 10.4. The lowest BCUT2D eigenvalue weighted by molar-refractivity contribution is 0.282. The van der Waals surface area contributed by atoms with E-state index in [9.17, 15) is 0 Å². The molecular formula is C15H31N3S. The maximum Gasteiger partial charge on any atom is 0.190 e. The summed E-state index contributed by atoms with van der Waals surface area (Å²) >= 11 is 1.92. The van der Waals surface area contributed by atoms with Crippen molar-refractivity contribution in [2.75, 3.05) is 32.1 Å². The Labute approximate surface area is 123 Å². The highest BCUT2D eigenvalue weighted by Gasteiger charge is 2.18. The molecule has 0 spiro atoms. The molecule has 2 atom stereocenters. The first kappa shape index (κ1) is 16.7. The second-order valence-corrected chi connectivity index (χ2v) is 6.70. The molecule has 1 fully saturated rings. The van der Waals surface area contributed by atoms with E-state index in [1.165, 1.54) is 44.3 Å². The first-order valence-electron chi connectivity index (χ1n) is 7.69. The van der Waals surface area contributed by atoms with E-state index in [1.54, 1.807) is 0 Å². The number of guanidine groups is 1. The predicted octanol–water partition coefficient (Wildman–Crippen LogP) is 3.12. The Morgan fingerprint density at radius 2 is 2.11 bits per heavy atom. The minimum absolute atomic E-state index is 0.832. The molecule has 0 radical (unpaired) electrons. The molecule has 0 amide bonds. The number of hydrogen-bond donors (Lipinski definition) is 2. The number of unbranched alkanes of at least 4 members (excludes halogenated alkanes) is 1. The zero-order chi connectivity index (χ0) is 13.9. The van der Waals surface area contributed by atoms with Gasteiger partial charge in [0.15, 0.2) is 5.96 Å². The predicted molar refractivity (Wildman–Crippen MR) is 88.1 cm³/mol. The topological polar surface area (TPSA) is 36.4 Å². The fraction of sp³-hybridized carbons (Fsp3) is 0.933. The summed E-state index contributed by atoms with van der Waals surface area (Å²) < 4.78 is 0. The first-order chi connectivity index (χ1) is 9.26. The average Bonchev–Trinajstić information content (AvgIpc) is 2.42. The average molecular weight is 286 g/mol. The van der Waals surface area contributed by atoms with Crippen LogP contribution >= 0.6 is 11.8 Å². The van der Waals surface area contributed by atoms with Gasteiger partial charge in [0.25, 0.3) is 0 Å². The standard InChI is InChI=1S/C15H31N3S/c1-13-7-6-8-14(11-13)12-18-15(16-2)17-9-4-5-10-19-3/h13-14H,4-12H2,1-3H3,(H2,16,17,18). The Bertz CT molecular complexity index is 256. The Hall–Kier alpha value is -0.380. The molecule has 19 heavy (non-hydrogen) atoms. The number of thioether (sulfide) groups is 1. The van der Waals surface area contributed by atoms with Crippen molar-refractivity contribution in [2.24, 2.45) is 16.8 Å². The van der Waals surface area contributed by atoms with Gasteiger partial charge in [0.05, 0.1) is 0 Å². The van der Waals surface area contributed by atoms with Gasteiger partial charge < -0.3 is 10.6 Å². The van der Waals surface area contributed by atoms with Gasteiger partial charge in [-0.25, -0.2) is 0 Å². The van der Waals surface area contributed by atoms with Crippen LogP contribution in [0.15, 0.2) is 4.99 Å². The lowest BCUT2D eigenvalue weighted by Gasteiger charge is -2.27. The lowest BCUT2D eigenvalue weighted by atomic mass is 9.82. The van der Waals surface area contributed by atoms with E-state index in [1.807, 2.05) is 18.8 Å². The number of nitrogens with one attached hydrogen (secondary N) is 2. The van der Waals surface area contributed by atoms with Gasteiger partial charge in [0.1, 0.15) is 0 Å². The summed E-state index contributed by atoms with van der Waals surface area (Å²) in [6.45, 7) is 4.49. The van der Waals surface area contributed by atoms with Gasteiger partial charge in [-0.1, -0.05) is 19.8 Å². The van der Waals surface area contributed by atoms with Crippen molar-refractivity contribution < 1.29 is 0 Å². The van der Waals surface area contributed by atoms with Crippen molar-refractivity contribution in [3.8, 4) is 0 Å². The number of nitrogens with zero attached hydrogens (tertiary/aromatic N) is 1. The van der Waals surface area contributed by atoms with E-state index in [4.69, 9.17) is 0 Å². The van der Waals surface area contributed by atoms with Crippen molar-refractivity contribution >= 4 is 17.7 Å². The third kappa shape index (κ3) is 7.71. The van der Waals surface area contributed by atoms with Crippen LogP contribution in [-0.2, 0) is 0 Å². The van der Waals surface area contributed by atoms with E-state index in [-0.39, 0.29) is 0 Å². The molecule has 0 saturated heterocycles. The van der Waals surface area contributed by atoms with Crippen molar-refractivity contribution in [2.45, 2.75) is 45.4 Å². The van der Waals surface area contributed by atoms with Crippen LogP contribution in [0.25, 0.3) is 0 Å². The summed E-state index contributed by atoms with van der Waals surface area (Å²) in [7, 11) is 1.86. The van der Waals surface area contributed by atoms with Crippen LogP contribution in [0.5, 0.6) is 0 Å². The van der Waals surface area contributed by atoms with Gasteiger partial charge in [0, 0.05) is 20.1 Å². The molecule has 3 nitrogen and oxygen atoms in total. The Kier molecular flexibility index (Phi) is 9.14. The van der Waals surface area contributed by atoms with Gasteiger partial charge in [-0.3, -0.25) is 4.99 Å². The van der Waals surface area contributed by atoms with Crippen LogP contribution in [-0.4, -0.2) is 38.1 Å². The summed E-state index contributed by atoms with van der Waals surface area (Å²) in [4.78, 5) is 4.30. The zero-order valence-corrected chi connectivity index (χ0v) is 13.7. The summed E-state index contributed by atoms with van der Waals surface area (Å²) in [5.41, 5.74) is 0. The Morgan fingerprint density at radius 3 is 2.79 bits per heavy atom. The van der Waals surface area contributed by atoms with E-state index >= 15 is 0 Å². The molecule has 1 aliphatic rings. The minimum atomic E-state index is 0.832. The lowest BCUT2D eigenvalue weighted by Crippen LogP contribution is -2.40. The van der Waals surface area contributed by atoms with E-state index in [0.29, 0.717) is 0 Å². The highest BCUT2D eigenvalue weighted by atomic mass is 32.2. The SMILES string of the molecule is CN=C(NCCCCSC)NCC1CCCC(C)C1. The quantitative estimate of drug-likeness (QED) is 0.429. The Morgan fingerprint density at radius 1 is 1.26 bits per heavy atom. The van der Waals surface area contributed by atoms with Crippen molar-refractivity contribution in [3.63, 3.8) is 0 Å². The van der Waals surface area contributed by atoms with Crippen LogP contribution in [0.1, 0.15) is 45.4 Å². The fourth-order valence-corrected chi connectivity index (χ4v) is 3.28. The van der Waals surface area contributed by atoms with E-state index in [2.05, 4.69) is 28.8 Å². The molecule has 0 aliphatic heterocycles. The van der Waals surface area contributed by atoms with Gasteiger partial charge in [-0.05, 0) is 49.5 Å². The summed E-state index contributed by atoms with van der Waals surface area (Å²) in [6.07, 6.45) is 10.2. The number of rotatable bonds is 7. The molecular weight excluding hydrogens is 254 g/mol. The molecule has 2 N–H and O–H groups in total. The summed E-state index contributed by atoms with van der Waals surface area (Å²) in [5, 5.41) is 6.89. The third-order valence-electron chi connectivity index (χ3n) is 3.89. The molecule has 0 aromatic heterocycles. The smallest absolute Gasteiger partial charge is 0.190 e. The molecule has 0 bridgehead atoms. The van der Waals surface area contributed by atoms with E-state index in [0.717, 1.165) is 30.9 Å². The molecule has 1 aliphatic carbocycles. The third-order valence-corrected chi connectivity index (χ3v) is 4.59. The molecule has 1 saturated carbocycles. The summed E-state index contributed by atoms with van der Waals surface area (Å²) in [6, 6.07) is 0. The molecule has 4 heteroatoms. The van der Waals surface area contributed by atoms with Crippen molar-refractivity contribution in [1.29, 1.82) is 0 Å². The van der Waals surface area contributed by atoms with Gasteiger partial charge in [-0.15, -0.1) is 0 Å². The minimum Gasteiger partial charge on any atom is -0.356 e. The molecule has 0 aromatic rings. The highest BCUT2D eigenvalue weighted by Crippen LogP contribution is 2.27. The van der Waals surface area contributed by atoms with Gasteiger partial charge >= 0.3 is 0 Å². The van der Waals surface area contributed by atoms with Crippen LogP contribution in [0.3, 0.4) is 0 Å². The van der Waals surface area contributed by atoms with Gasteiger partial charge in [-0.2, -0.15) is 11.8 Å². The molecule has 2 unspecified atom stereocenters. The number of aliphatic imine (C=N–C) groups is 1. The van der Waals surface area contributed by atoms with Crippen LogP contribution < -0.4 is 10.6 Å². The number of hydrogen-bond acceptors (Lipinski definition) is 2. The fourth-order valence-electron chi connectivity index (χ4n) is 2.78. The van der Waals surface area contributed by atoms with Crippen molar-refractivity contribution in [1.82, 2.24) is 10.6 Å². The largest absolute Gasteiger partial charge is 0.356 e. The molecule has 0 heterocycles.